The van der Waals surface area contributed by atoms with E-state index in [1.54, 1.807) is 22.9 Å². The summed E-state index contributed by atoms with van der Waals surface area (Å²) in [5, 5.41) is 4.24. The van der Waals surface area contributed by atoms with Gasteiger partial charge in [0.25, 0.3) is 5.91 Å². The van der Waals surface area contributed by atoms with Crippen LogP contribution in [0.5, 0.6) is 0 Å². The Kier molecular flexibility index (Phi) is 4.83. The van der Waals surface area contributed by atoms with Crippen molar-refractivity contribution < 1.29 is 18.4 Å². The Bertz CT molecular complexity index is 915. The SMILES string of the molecule is CC(C)c1c(C(=O)NNC(=O)c2ccco2)cnn1-c1ccc(F)cc1. The molecular weight excluding hydrogens is 339 g/mol. The fourth-order valence-electron chi connectivity index (χ4n) is 2.53. The van der Waals surface area contributed by atoms with Crippen molar-refractivity contribution in [2.75, 3.05) is 0 Å². The Hall–Kier alpha value is -3.42. The highest BCUT2D eigenvalue weighted by atomic mass is 19.1. The third kappa shape index (κ3) is 3.49. The van der Waals surface area contributed by atoms with Gasteiger partial charge in [-0.05, 0) is 42.3 Å². The van der Waals surface area contributed by atoms with E-state index in [-0.39, 0.29) is 17.5 Å². The van der Waals surface area contributed by atoms with Crippen molar-refractivity contribution in [2.24, 2.45) is 0 Å². The zero-order valence-corrected chi connectivity index (χ0v) is 14.2. The van der Waals surface area contributed by atoms with Gasteiger partial charge >= 0.3 is 5.91 Å². The van der Waals surface area contributed by atoms with Gasteiger partial charge in [0.15, 0.2) is 5.76 Å². The van der Waals surface area contributed by atoms with Gasteiger partial charge in [-0.1, -0.05) is 13.8 Å². The predicted molar refractivity (Wildman–Crippen MR) is 91.3 cm³/mol. The molecule has 0 radical (unpaired) electrons. The van der Waals surface area contributed by atoms with Gasteiger partial charge in [0.1, 0.15) is 5.82 Å². The smallest absolute Gasteiger partial charge is 0.305 e. The molecule has 0 spiro atoms. The van der Waals surface area contributed by atoms with Crippen molar-refractivity contribution in [1.82, 2.24) is 20.6 Å². The minimum Gasteiger partial charge on any atom is -0.459 e. The number of benzene rings is 1. The fourth-order valence-corrected chi connectivity index (χ4v) is 2.53. The van der Waals surface area contributed by atoms with Crippen molar-refractivity contribution in [2.45, 2.75) is 19.8 Å². The number of rotatable bonds is 4. The third-order valence-corrected chi connectivity index (χ3v) is 3.70. The second-order valence-corrected chi connectivity index (χ2v) is 5.87. The molecule has 26 heavy (non-hydrogen) atoms. The molecule has 8 heteroatoms. The van der Waals surface area contributed by atoms with E-state index in [1.807, 2.05) is 13.8 Å². The standard InChI is InChI=1S/C18H17FN4O3/c1-11(2)16-14(10-20-23(16)13-7-5-12(19)6-8-13)17(24)21-22-18(25)15-4-3-9-26-15/h3-11H,1-2H3,(H,21,24)(H,22,25). The minimum atomic E-state index is -0.569. The zero-order valence-electron chi connectivity index (χ0n) is 14.2. The summed E-state index contributed by atoms with van der Waals surface area (Å²) in [6.45, 7) is 3.82. The van der Waals surface area contributed by atoms with E-state index in [2.05, 4.69) is 16.0 Å². The first-order valence-electron chi connectivity index (χ1n) is 7.95. The lowest BCUT2D eigenvalue weighted by Crippen LogP contribution is -2.41. The summed E-state index contributed by atoms with van der Waals surface area (Å²) in [6, 6.07) is 8.85. The lowest BCUT2D eigenvalue weighted by atomic mass is 10.1. The van der Waals surface area contributed by atoms with Crippen molar-refractivity contribution in [3.63, 3.8) is 0 Å². The van der Waals surface area contributed by atoms with Crippen LogP contribution in [0, 0.1) is 5.82 Å². The average molecular weight is 356 g/mol. The molecule has 3 aromatic rings. The highest BCUT2D eigenvalue weighted by Gasteiger charge is 2.21. The fraction of sp³-hybridized carbons (Fsp3) is 0.167. The van der Waals surface area contributed by atoms with Crippen LogP contribution >= 0.6 is 0 Å². The summed E-state index contributed by atoms with van der Waals surface area (Å²) in [4.78, 5) is 24.3. The van der Waals surface area contributed by atoms with Crippen molar-refractivity contribution in [3.8, 4) is 5.69 Å². The lowest BCUT2D eigenvalue weighted by Gasteiger charge is -2.13. The van der Waals surface area contributed by atoms with Gasteiger partial charge in [0.05, 0.1) is 29.4 Å². The molecule has 0 atom stereocenters. The number of hydrogen-bond donors (Lipinski definition) is 2. The molecule has 0 aliphatic rings. The molecule has 0 saturated carbocycles. The monoisotopic (exact) mass is 356 g/mol. The Balaban J connectivity index is 1.82. The molecule has 0 aliphatic carbocycles. The maximum atomic E-state index is 13.1. The van der Waals surface area contributed by atoms with E-state index >= 15 is 0 Å². The molecule has 2 amide bonds. The first-order valence-corrected chi connectivity index (χ1v) is 7.95. The van der Waals surface area contributed by atoms with Crippen LogP contribution in [0.2, 0.25) is 0 Å². The quantitative estimate of drug-likeness (QED) is 0.704. The summed E-state index contributed by atoms with van der Waals surface area (Å²) >= 11 is 0. The van der Waals surface area contributed by atoms with E-state index < -0.39 is 11.8 Å². The van der Waals surface area contributed by atoms with E-state index in [9.17, 15) is 14.0 Å². The molecule has 2 N–H and O–H groups in total. The number of carbonyl (C=O) groups excluding carboxylic acids is 2. The predicted octanol–water partition coefficient (Wildman–Crippen LogP) is 2.80. The van der Waals surface area contributed by atoms with Gasteiger partial charge in [0.2, 0.25) is 0 Å². The molecule has 1 aromatic carbocycles. The topological polar surface area (TPSA) is 89.2 Å². The van der Waals surface area contributed by atoms with Gasteiger partial charge in [0, 0.05) is 0 Å². The third-order valence-electron chi connectivity index (χ3n) is 3.70. The van der Waals surface area contributed by atoms with Gasteiger partial charge in [-0.15, -0.1) is 0 Å². The number of carbonyl (C=O) groups is 2. The van der Waals surface area contributed by atoms with Gasteiger partial charge < -0.3 is 4.42 Å². The Morgan fingerprint density at radius 3 is 2.42 bits per heavy atom. The number of nitrogens with one attached hydrogen (secondary N) is 2. The van der Waals surface area contributed by atoms with Gasteiger partial charge in [-0.2, -0.15) is 5.10 Å². The number of hydrogen-bond acceptors (Lipinski definition) is 4. The summed E-state index contributed by atoms with van der Waals surface area (Å²) in [7, 11) is 0. The number of amides is 2. The lowest BCUT2D eigenvalue weighted by molar-refractivity contribution is 0.0830. The Labute approximate surface area is 148 Å². The molecule has 0 saturated heterocycles. The van der Waals surface area contributed by atoms with Crippen LogP contribution in [0.4, 0.5) is 4.39 Å². The molecule has 2 heterocycles. The van der Waals surface area contributed by atoms with Crippen LogP contribution in [0.25, 0.3) is 5.69 Å². The summed E-state index contributed by atoms with van der Waals surface area (Å²) in [5.74, 6) is -1.39. The van der Waals surface area contributed by atoms with Gasteiger partial charge in [-0.25, -0.2) is 9.07 Å². The number of nitrogens with zero attached hydrogens (tertiary/aromatic N) is 2. The van der Waals surface area contributed by atoms with Crippen LogP contribution in [0.1, 0.15) is 46.4 Å². The minimum absolute atomic E-state index is 0.0379. The van der Waals surface area contributed by atoms with E-state index in [0.29, 0.717) is 16.9 Å². The van der Waals surface area contributed by atoms with E-state index in [4.69, 9.17) is 4.42 Å². The summed E-state index contributed by atoms with van der Waals surface area (Å²) in [5.41, 5.74) is 6.21. The zero-order chi connectivity index (χ0) is 18.7. The number of aromatic nitrogens is 2. The molecule has 0 aliphatic heterocycles. The first kappa shape index (κ1) is 17.4. The second kappa shape index (κ2) is 7.22. The Morgan fingerprint density at radius 1 is 1.12 bits per heavy atom. The first-order chi connectivity index (χ1) is 12.5. The maximum Gasteiger partial charge on any atom is 0.305 e. The van der Waals surface area contributed by atoms with Gasteiger partial charge in [-0.3, -0.25) is 20.4 Å². The highest BCUT2D eigenvalue weighted by molar-refractivity contribution is 5.98. The highest BCUT2D eigenvalue weighted by Crippen LogP contribution is 2.23. The molecule has 134 valence electrons. The molecule has 2 aromatic heterocycles. The second-order valence-electron chi connectivity index (χ2n) is 5.87. The average Bonchev–Trinajstić information content (AvgIpc) is 3.29. The molecule has 7 nitrogen and oxygen atoms in total. The van der Waals surface area contributed by atoms with Crippen LogP contribution < -0.4 is 10.9 Å². The van der Waals surface area contributed by atoms with E-state index in [0.717, 1.165) is 0 Å². The molecule has 0 unspecified atom stereocenters. The van der Waals surface area contributed by atoms with Crippen LogP contribution in [0.15, 0.2) is 53.3 Å². The Morgan fingerprint density at radius 2 is 1.81 bits per heavy atom. The van der Waals surface area contributed by atoms with Crippen molar-refractivity contribution in [3.05, 3.63) is 71.7 Å². The normalized spacial score (nSPS) is 10.8. The summed E-state index contributed by atoms with van der Waals surface area (Å²) in [6.07, 6.45) is 2.77. The van der Waals surface area contributed by atoms with E-state index in [1.165, 1.54) is 30.7 Å². The molecule has 0 bridgehead atoms. The molecule has 3 rings (SSSR count). The number of halogens is 1. The molecular formula is C18H17FN4O3. The number of hydrazine groups is 1. The maximum absolute atomic E-state index is 13.1. The van der Waals surface area contributed by atoms with Crippen LogP contribution in [-0.4, -0.2) is 21.6 Å². The van der Waals surface area contributed by atoms with Crippen LogP contribution in [-0.2, 0) is 0 Å². The number of furan rings is 1. The van der Waals surface area contributed by atoms with Crippen molar-refractivity contribution in [1.29, 1.82) is 0 Å². The molecule has 0 fully saturated rings. The largest absolute Gasteiger partial charge is 0.459 e. The van der Waals surface area contributed by atoms with Crippen molar-refractivity contribution >= 4 is 11.8 Å². The summed E-state index contributed by atoms with van der Waals surface area (Å²) < 4.78 is 19.7. The van der Waals surface area contributed by atoms with Crippen LogP contribution in [0.3, 0.4) is 0 Å².